The minimum Gasteiger partial charge on any atom is -0.495 e. The number of halogens is 2. The maximum Gasteiger partial charge on any atom is 0.267 e. The van der Waals surface area contributed by atoms with E-state index >= 15 is 0 Å². The van der Waals surface area contributed by atoms with Crippen LogP contribution in [0.3, 0.4) is 0 Å². The lowest BCUT2D eigenvalue weighted by atomic mass is 10.1. The molecule has 0 spiro atoms. The van der Waals surface area contributed by atoms with Crippen molar-refractivity contribution in [3.8, 4) is 17.0 Å². The fourth-order valence-electron chi connectivity index (χ4n) is 2.58. The number of methoxy groups -OCH3 is 1. The van der Waals surface area contributed by atoms with Gasteiger partial charge in [0.2, 0.25) is 5.91 Å². The monoisotopic (exact) mass is 401 g/mol. The Morgan fingerprint density at radius 2 is 1.89 bits per heavy atom. The second kappa shape index (κ2) is 8.22. The van der Waals surface area contributed by atoms with Crippen molar-refractivity contribution in [1.82, 2.24) is 9.78 Å². The number of hydrogen-bond donors (Lipinski definition) is 1. The first-order chi connectivity index (χ1) is 13.4. The quantitative estimate of drug-likeness (QED) is 0.703. The van der Waals surface area contributed by atoms with E-state index in [1.807, 2.05) is 0 Å². The summed E-state index contributed by atoms with van der Waals surface area (Å²) < 4.78 is 19.3. The van der Waals surface area contributed by atoms with Gasteiger partial charge in [-0.3, -0.25) is 9.59 Å². The first-order valence-electron chi connectivity index (χ1n) is 8.39. The van der Waals surface area contributed by atoms with E-state index < -0.39 is 17.5 Å². The first-order valence-corrected chi connectivity index (χ1v) is 8.77. The summed E-state index contributed by atoms with van der Waals surface area (Å²) in [6.07, 6.45) is 0. The molecule has 3 rings (SSSR count). The summed E-state index contributed by atoms with van der Waals surface area (Å²) in [5, 5.41) is 7.30. The van der Waals surface area contributed by atoms with Crippen LogP contribution >= 0.6 is 11.6 Å². The van der Waals surface area contributed by atoms with Gasteiger partial charge >= 0.3 is 0 Å². The molecule has 1 amide bonds. The normalized spacial score (nSPS) is 11.7. The number of hydrogen-bond acceptors (Lipinski definition) is 4. The number of ether oxygens (including phenoxy) is 1. The van der Waals surface area contributed by atoms with Crippen molar-refractivity contribution in [2.24, 2.45) is 0 Å². The zero-order valence-corrected chi connectivity index (χ0v) is 15.9. The summed E-state index contributed by atoms with van der Waals surface area (Å²) in [5.41, 5.74) is 1.11. The van der Waals surface area contributed by atoms with E-state index in [9.17, 15) is 14.0 Å². The van der Waals surface area contributed by atoms with Gasteiger partial charge in [0, 0.05) is 17.3 Å². The number of nitrogens with zero attached hydrogens (tertiary/aromatic N) is 2. The molecule has 1 N–H and O–H groups in total. The minimum absolute atomic E-state index is 0.349. The van der Waals surface area contributed by atoms with E-state index in [4.69, 9.17) is 16.3 Å². The third-order valence-corrected chi connectivity index (χ3v) is 4.43. The third kappa shape index (κ3) is 4.20. The average molecular weight is 402 g/mol. The number of carbonyl (C=O) groups is 1. The Labute approximate surface area is 165 Å². The average Bonchev–Trinajstić information content (AvgIpc) is 2.68. The van der Waals surface area contributed by atoms with Gasteiger partial charge in [-0.25, -0.2) is 9.07 Å². The first kappa shape index (κ1) is 19.6. The highest BCUT2D eigenvalue weighted by Crippen LogP contribution is 2.27. The number of carbonyl (C=O) groups excluding carboxylic acids is 1. The van der Waals surface area contributed by atoms with Gasteiger partial charge in [-0.1, -0.05) is 11.6 Å². The molecule has 2 aromatic carbocycles. The zero-order valence-electron chi connectivity index (χ0n) is 15.1. The highest BCUT2D eigenvalue weighted by molar-refractivity contribution is 6.32. The number of amides is 1. The second-order valence-corrected chi connectivity index (χ2v) is 6.43. The molecule has 8 heteroatoms. The predicted molar refractivity (Wildman–Crippen MR) is 105 cm³/mol. The van der Waals surface area contributed by atoms with Crippen molar-refractivity contribution in [3.63, 3.8) is 0 Å². The van der Waals surface area contributed by atoms with Crippen LogP contribution in [0.15, 0.2) is 59.4 Å². The molecule has 0 saturated carbocycles. The Bertz CT molecular complexity index is 1070. The van der Waals surface area contributed by atoms with Gasteiger partial charge < -0.3 is 10.1 Å². The molecule has 6 nitrogen and oxygen atoms in total. The van der Waals surface area contributed by atoms with Gasteiger partial charge in [0.25, 0.3) is 5.56 Å². The molecular formula is C20H17ClFN3O3. The van der Waals surface area contributed by atoms with Crippen LogP contribution in [0, 0.1) is 5.82 Å². The van der Waals surface area contributed by atoms with E-state index in [1.165, 1.54) is 31.4 Å². The predicted octanol–water partition coefficient (Wildman–Crippen LogP) is 3.91. The van der Waals surface area contributed by atoms with Crippen LogP contribution in [0.25, 0.3) is 11.3 Å². The van der Waals surface area contributed by atoms with E-state index in [0.29, 0.717) is 27.7 Å². The lowest BCUT2D eigenvalue weighted by Crippen LogP contribution is -2.33. The largest absolute Gasteiger partial charge is 0.495 e. The molecule has 28 heavy (non-hydrogen) atoms. The van der Waals surface area contributed by atoms with Crippen molar-refractivity contribution < 1.29 is 13.9 Å². The van der Waals surface area contributed by atoms with Crippen LogP contribution in [-0.2, 0) is 4.79 Å². The van der Waals surface area contributed by atoms with Crippen LogP contribution in [0.2, 0.25) is 5.02 Å². The van der Waals surface area contributed by atoms with Crippen molar-refractivity contribution >= 4 is 23.2 Å². The molecule has 1 atom stereocenters. The van der Waals surface area contributed by atoms with Crippen molar-refractivity contribution in [2.45, 2.75) is 13.0 Å². The number of anilines is 1. The van der Waals surface area contributed by atoms with Gasteiger partial charge in [0.05, 0.1) is 17.8 Å². The SMILES string of the molecule is COc1ccc(NC(=O)C(C)n2nc(-c3ccc(F)cc3)ccc2=O)cc1Cl. The molecule has 144 valence electrons. The number of rotatable bonds is 5. The maximum atomic E-state index is 13.1. The minimum atomic E-state index is -0.881. The Morgan fingerprint density at radius 3 is 2.54 bits per heavy atom. The molecule has 1 heterocycles. The standard InChI is InChI=1S/C20H17ClFN3O3/c1-12(20(27)23-15-7-9-18(28-2)16(21)11-15)25-19(26)10-8-17(24-25)13-3-5-14(22)6-4-13/h3-12H,1-2H3,(H,23,27). The third-order valence-electron chi connectivity index (χ3n) is 4.13. The smallest absolute Gasteiger partial charge is 0.267 e. The van der Waals surface area contributed by atoms with Gasteiger partial charge in [0.1, 0.15) is 17.6 Å². The van der Waals surface area contributed by atoms with Crippen molar-refractivity contribution in [3.05, 3.63) is 75.8 Å². The fourth-order valence-corrected chi connectivity index (χ4v) is 2.84. The highest BCUT2D eigenvalue weighted by Gasteiger charge is 2.19. The summed E-state index contributed by atoms with van der Waals surface area (Å²) in [6, 6.07) is 12.5. The van der Waals surface area contributed by atoms with Crippen LogP contribution in [-0.4, -0.2) is 22.8 Å². The molecular weight excluding hydrogens is 385 g/mol. The maximum absolute atomic E-state index is 13.1. The molecule has 3 aromatic rings. The summed E-state index contributed by atoms with van der Waals surface area (Å²) in [6.45, 7) is 1.56. The molecule has 0 aliphatic carbocycles. The van der Waals surface area contributed by atoms with E-state index in [0.717, 1.165) is 4.68 Å². The Balaban J connectivity index is 1.85. The zero-order chi connectivity index (χ0) is 20.3. The molecule has 1 unspecified atom stereocenters. The molecule has 0 aliphatic rings. The lowest BCUT2D eigenvalue weighted by molar-refractivity contribution is -0.119. The molecule has 0 saturated heterocycles. The topological polar surface area (TPSA) is 73.2 Å². The Kier molecular flexibility index (Phi) is 5.75. The van der Waals surface area contributed by atoms with E-state index in [2.05, 4.69) is 10.4 Å². The summed E-state index contributed by atoms with van der Waals surface area (Å²) >= 11 is 6.06. The number of aromatic nitrogens is 2. The molecule has 0 radical (unpaired) electrons. The van der Waals surface area contributed by atoms with Crippen LogP contribution < -0.4 is 15.6 Å². The van der Waals surface area contributed by atoms with Gasteiger partial charge in [-0.15, -0.1) is 0 Å². The summed E-state index contributed by atoms with van der Waals surface area (Å²) in [7, 11) is 1.49. The van der Waals surface area contributed by atoms with Gasteiger partial charge in [0.15, 0.2) is 0 Å². The highest BCUT2D eigenvalue weighted by atomic mass is 35.5. The van der Waals surface area contributed by atoms with Crippen molar-refractivity contribution in [1.29, 1.82) is 0 Å². The fraction of sp³-hybridized carbons (Fsp3) is 0.150. The van der Waals surface area contributed by atoms with Crippen LogP contribution in [0.5, 0.6) is 5.75 Å². The van der Waals surface area contributed by atoms with E-state index in [-0.39, 0.29) is 5.82 Å². The van der Waals surface area contributed by atoms with Gasteiger partial charge in [-0.05, 0) is 55.5 Å². The molecule has 1 aromatic heterocycles. The second-order valence-electron chi connectivity index (χ2n) is 6.02. The molecule has 0 aliphatic heterocycles. The number of nitrogens with one attached hydrogen (secondary N) is 1. The lowest BCUT2D eigenvalue weighted by Gasteiger charge is -2.15. The number of benzene rings is 2. The van der Waals surface area contributed by atoms with E-state index in [1.54, 1.807) is 37.3 Å². The van der Waals surface area contributed by atoms with Crippen LogP contribution in [0.4, 0.5) is 10.1 Å². The van der Waals surface area contributed by atoms with Crippen molar-refractivity contribution in [2.75, 3.05) is 12.4 Å². The molecule has 0 fully saturated rings. The Hall–Kier alpha value is -3.19. The summed E-state index contributed by atoms with van der Waals surface area (Å²) in [4.78, 5) is 24.8. The van der Waals surface area contributed by atoms with Crippen LogP contribution in [0.1, 0.15) is 13.0 Å². The van der Waals surface area contributed by atoms with Gasteiger partial charge in [-0.2, -0.15) is 5.10 Å². The Morgan fingerprint density at radius 1 is 1.18 bits per heavy atom. The molecule has 0 bridgehead atoms. The summed E-state index contributed by atoms with van der Waals surface area (Å²) in [5.74, 6) is -0.326.